The number of ketones is 1. The number of hydrogen-bond donors (Lipinski definition) is 2. The third kappa shape index (κ3) is 4.20. The maximum Gasteiger partial charge on any atom is 0.254 e. The van der Waals surface area contributed by atoms with Gasteiger partial charge in [0.2, 0.25) is 5.91 Å². The number of rotatable bonds is 6. The van der Waals surface area contributed by atoms with Crippen molar-refractivity contribution in [2.24, 2.45) is 0 Å². The first kappa shape index (κ1) is 21.1. The molecule has 9 heteroatoms. The predicted octanol–water partition coefficient (Wildman–Crippen LogP) is 1.52. The number of amides is 2. The minimum atomic E-state index is -1.58. The molecule has 2 N–H and O–H groups in total. The van der Waals surface area contributed by atoms with Gasteiger partial charge < -0.3 is 15.3 Å². The summed E-state index contributed by atoms with van der Waals surface area (Å²) < 4.78 is 39.8. The summed E-state index contributed by atoms with van der Waals surface area (Å²) in [5.41, 5.74) is 0.489. The second-order valence-corrected chi connectivity index (χ2v) is 5.89. The summed E-state index contributed by atoms with van der Waals surface area (Å²) in [6.07, 6.45) is 0. The number of aliphatic hydroxyl groups excluding tert-OH is 1. The SMILES string of the molecule is CNC(=O)C(C(=O)CO)N(C)C(=O)c1ccc(-c2cc(F)c(F)c(F)c2)cc1. The van der Waals surface area contributed by atoms with Crippen LogP contribution in [-0.4, -0.2) is 54.3 Å². The highest BCUT2D eigenvalue weighted by molar-refractivity contribution is 6.10. The van der Waals surface area contributed by atoms with Crippen LogP contribution >= 0.6 is 0 Å². The van der Waals surface area contributed by atoms with Crippen molar-refractivity contribution in [3.05, 3.63) is 59.4 Å². The van der Waals surface area contributed by atoms with E-state index in [0.29, 0.717) is 5.56 Å². The van der Waals surface area contributed by atoms with Crippen molar-refractivity contribution in [3.63, 3.8) is 0 Å². The average Bonchev–Trinajstić information content (AvgIpc) is 2.70. The predicted molar refractivity (Wildman–Crippen MR) is 93.8 cm³/mol. The number of benzene rings is 2. The molecule has 148 valence electrons. The van der Waals surface area contributed by atoms with E-state index in [1.165, 1.54) is 38.4 Å². The number of likely N-dealkylation sites (N-methyl/N-ethyl adjacent to an activating group) is 2. The number of Topliss-reactive ketones (excluding diaryl/α,β-unsaturated/α-hetero) is 1. The summed E-state index contributed by atoms with van der Waals surface area (Å²) >= 11 is 0. The Hall–Kier alpha value is -3.20. The van der Waals surface area contributed by atoms with Crippen molar-refractivity contribution in [2.45, 2.75) is 6.04 Å². The minimum Gasteiger partial charge on any atom is -0.388 e. The van der Waals surface area contributed by atoms with E-state index < -0.39 is 47.7 Å². The fraction of sp³-hybridized carbons (Fsp3) is 0.211. The van der Waals surface area contributed by atoms with Gasteiger partial charge in [-0.2, -0.15) is 0 Å². The summed E-state index contributed by atoms with van der Waals surface area (Å²) in [6, 6.07) is 5.56. The monoisotopic (exact) mass is 394 g/mol. The van der Waals surface area contributed by atoms with Gasteiger partial charge in [0, 0.05) is 19.7 Å². The smallest absolute Gasteiger partial charge is 0.254 e. The van der Waals surface area contributed by atoms with Crippen LogP contribution < -0.4 is 5.32 Å². The van der Waals surface area contributed by atoms with E-state index in [9.17, 15) is 27.6 Å². The molecule has 0 aliphatic rings. The van der Waals surface area contributed by atoms with Gasteiger partial charge in [-0.05, 0) is 35.4 Å². The molecular weight excluding hydrogens is 377 g/mol. The highest BCUT2D eigenvalue weighted by Crippen LogP contribution is 2.24. The molecule has 2 aromatic carbocycles. The van der Waals surface area contributed by atoms with Crippen LogP contribution in [0.2, 0.25) is 0 Å². The van der Waals surface area contributed by atoms with Gasteiger partial charge in [-0.1, -0.05) is 12.1 Å². The van der Waals surface area contributed by atoms with Gasteiger partial charge in [-0.25, -0.2) is 13.2 Å². The van der Waals surface area contributed by atoms with Crippen molar-refractivity contribution < 1.29 is 32.7 Å². The molecule has 0 aliphatic heterocycles. The summed E-state index contributed by atoms with van der Waals surface area (Å²) in [4.78, 5) is 37.1. The second kappa shape index (κ2) is 8.66. The average molecular weight is 394 g/mol. The summed E-state index contributed by atoms with van der Waals surface area (Å²) in [7, 11) is 2.52. The molecule has 0 aromatic heterocycles. The Bertz CT molecular complexity index is 877. The van der Waals surface area contributed by atoms with Crippen LogP contribution in [0.4, 0.5) is 13.2 Å². The third-order valence-corrected chi connectivity index (χ3v) is 4.11. The Kier molecular flexibility index (Phi) is 6.53. The topological polar surface area (TPSA) is 86.7 Å². The highest BCUT2D eigenvalue weighted by atomic mass is 19.2. The van der Waals surface area contributed by atoms with Gasteiger partial charge in [0.1, 0.15) is 6.61 Å². The lowest BCUT2D eigenvalue weighted by molar-refractivity contribution is -0.135. The lowest BCUT2D eigenvalue weighted by Gasteiger charge is -2.25. The zero-order valence-corrected chi connectivity index (χ0v) is 15.0. The van der Waals surface area contributed by atoms with E-state index in [4.69, 9.17) is 5.11 Å². The molecule has 0 saturated heterocycles. The first-order valence-electron chi connectivity index (χ1n) is 8.08. The van der Waals surface area contributed by atoms with E-state index in [-0.39, 0.29) is 11.1 Å². The molecule has 2 rings (SSSR count). The fourth-order valence-corrected chi connectivity index (χ4v) is 2.61. The molecule has 0 heterocycles. The van der Waals surface area contributed by atoms with Gasteiger partial charge in [0.05, 0.1) is 0 Å². The first-order valence-corrected chi connectivity index (χ1v) is 8.08. The van der Waals surface area contributed by atoms with Gasteiger partial charge in [-0.3, -0.25) is 14.4 Å². The summed E-state index contributed by atoms with van der Waals surface area (Å²) in [6.45, 7) is -0.920. The van der Waals surface area contributed by atoms with Crippen LogP contribution in [0.1, 0.15) is 10.4 Å². The number of carbonyl (C=O) groups excluding carboxylic acids is 3. The molecular formula is C19H17F3N2O4. The molecule has 0 saturated carbocycles. The quantitative estimate of drug-likeness (QED) is 0.575. The molecule has 6 nitrogen and oxygen atoms in total. The zero-order chi connectivity index (χ0) is 21.0. The normalized spacial score (nSPS) is 11.6. The molecule has 1 unspecified atom stereocenters. The zero-order valence-electron chi connectivity index (χ0n) is 15.0. The van der Waals surface area contributed by atoms with Crippen LogP contribution in [0.5, 0.6) is 0 Å². The molecule has 0 bridgehead atoms. The lowest BCUT2D eigenvalue weighted by Crippen LogP contribution is -2.52. The van der Waals surface area contributed by atoms with Gasteiger partial charge >= 0.3 is 0 Å². The van der Waals surface area contributed by atoms with Crippen molar-refractivity contribution in [2.75, 3.05) is 20.7 Å². The molecule has 0 spiro atoms. The second-order valence-electron chi connectivity index (χ2n) is 5.89. The minimum absolute atomic E-state index is 0.0717. The first-order chi connectivity index (χ1) is 13.2. The van der Waals surface area contributed by atoms with Crippen molar-refractivity contribution >= 4 is 17.6 Å². The van der Waals surface area contributed by atoms with E-state index in [1.54, 1.807) is 0 Å². The van der Waals surface area contributed by atoms with Crippen LogP contribution in [0, 0.1) is 17.5 Å². The Morgan fingerprint density at radius 2 is 1.57 bits per heavy atom. The number of nitrogens with one attached hydrogen (secondary N) is 1. The summed E-state index contributed by atoms with van der Waals surface area (Å²) in [5.74, 6) is -6.56. The van der Waals surface area contributed by atoms with Gasteiger partial charge in [-0.15, -0.1) is 0 Å². The highest BCUT2D eigenvalue weighted by Gasteiger charge is 2.32. The van der Waals surface area contributed by atoms with Crippen molar-refractivity contribution in [1.82, 2.24) is 10.2 Å². The van der Waals surface area contributed by atoms with E-state index in [1.807, 2.05) is 0 Å². The molecule has 2 aromatic rings. The van der Waals surface area contributed by atoms with Crippen LogP contribution in [-0.2, 0) is 9.59 Å². The van der Waals surface area contributed by atoms with E-state index >= 15 is 0 Å². The number of carbonyl (C=O) groups is 3. The van der Waals surface area contributed by atoms with Crippen LogP contribution in [0.3, 0.4) is 0 Å². The number of nitrogens with zero attached hydrogens (tertiary/aromatic N) is 1. The molecule has 0 fully saturated rings. The number of halogens is 3. The molecule has 0 aliphatic carbocycles. The molecule has 2 amide bonds. The van der Waals surface area contributed by atoms with Crippen LogP contribution in [0.25, 0.3) is 11.1 Å². The molecule has 28 heavy (non-hydrogen) atoms. The largest absolute Gasteiger partial charge is 0.388 e. The maximum atomic E-state index is 13.4. The molecule has 1 atom stereocenters. The van der Waals surface area contributed by atoms with Crippen molar-refractivity contribution in [1.29, 1.82) is 0 Å². The van der Waals surface area contributed by atoms with E-state index in [0.717, 1.165) is 17.0 Å². The molecule has 0 radical (unpaired) electrons. The Balaban J connectivity index is 2.30. The Morgan fingerprint density at radius 3 is 2.04 bits per heavy atom. The number of hydrogen-bond acceptors (Lipinski definition) is 4. The van der Waals surface area contributed by atoms with Crippen LogP contribution in [0.15, 0.2) is 36.4 Å². The fourth-order valence-electron chi connectivity index (χ4n) is 2.61. The third-order valence-electron chi connectivity index (χ3n) is 4.11. The lowest BCUT2D eigenvalue weighted by atomic mass is 10.0. The maximum absolute atomic E-state index is 13.4. The van der Waals surface area contributed by atoms with Gasteiger partial charge in [0.15, 0.2) is 29.3 Å². The Labute approximate surface area is 158 Å². The standard InChI is InChI=1S/C19H17F3N2O4/c1-23-18(27)17(15(26)9-25)24(2)19(28)11-5-3-10(4-6-11)12-7-13(20)16(22)14(21)8-12/h3-8,17,25H,9H2,1-2H3,(H,23,27). The van der Waals surface area contributed by atoms with Crippen molar-refractivity contribution in [3.8, 4) is 11.1 Å². The Morgan fingerprint density at radius 1 is 1.04 bits per heavy atom. The van der Waals surface area contributed by atoms with E-state index in [2.05, 4.69) is 5.32 Å². The summed E-state index contributed by atoms with van der Waals surface area (Å²) in [5, 5.41) is 11.3. The number of aliphatic hydroxyl groups is 1. The van der Waals surface area contributed by atoms with Gasteiger partial charge in [0.25, 0.3) is 5.91 Å².